The Labute approximate surface area is 201 Å². The van der Waals surface area contributed by atoms with Crippen LogP contribution in [0, 0.1) is 11.8 Å². The van der Waals surface area contributed by atoms with E-state index in [1.165, 1.54) is 11.8 Å². The number of carbonyl (C=O) groups excluding carboxylic acids is 3. The lowest BCUT2D eigenvalue weighted by molar-refractivity contribution is -0.142. The number of hydrogen-bond acceptors (Lipinski definition) is 7. The summed E-state index contributed by atoms with van der Waals surface area (Å²) >= 11 is 5.80. The molecule has 32 heavy (non-hydrogen) atoms. The highest BCUT2D eigenvalue weighted by Gasteiger charge is 2.35. The molecule has 0 aliphatic heterocycles. The number of hydrogen-bond donors (Lipinski definition) is 6. The molecule has 0 spiro atoms. The largest absolute Gasteiger partial charge is 0.480 e. The van der Waals surface area contributed by atoms with Crippen LogP contribution in [0.2, 0.25) is 0 Å². The van der Waals surface area contributed by atoms with Gasteiger partial charge in [-0.15, -0.1) is 0 Å². The fourth-order valence-electron chi connectivity index (χ4n) is 2.80. The van der Waals surface area contributed by atoms with Crippen LogP contribution in [0.5, 0.6) is 0 Å². The van der Waals surface area contributed by atoms with Gasteiger partial charge >= 0.3 is 5.97 Å². The molecule has 0 heterocycles. The lowest BCUT2D eigenvalue weighted by atomic mass is 9.95. The van der Waals surface area contributed by atoms with Crippen molar-refractivity contribution in [2.75, 3.05) is 12.0 Å². The van der Waals surface area contributed by atoms with Crippen LogP contribution in [0.15, 0.2) is 0 Å². The quantitative estimate of drug-likeness (QED) is 0.198. The van der Waals surface area contributed by atoms with E-state index in [0.717, 1.165) is 0 Å². The number of aliphatic carboxylic acids is 1. The molecule has 186 valence electrons. The van der Waals surface area contributed by atoms with Crippen LogP contribution in [-0.2, 0) is 19.2 Å². The van der Waals surface area contributed by atoms with Crippen LogP contribution >= 0.6 is 24.4 Å². The summed E-state index contributed by atoms with van der Waals surface area (Å²) in [5.41, 5.74) is 5.94. The lowest BCUT2D eigenvalue weighted by Crippen LogP contribution is -2.61. The van der Waals surface area contributed by atoms with Crippen molar-refractivity contribution < 1.29 is 24.3 Å². The fraction of sp³-hybridized carbons (Fsp3) is 0.810. The number of thiol groups is 1. The molecule has 3 amide bonds. The molecular formula is C21H40N4O5S2. The molecule has 0 saturated carbocycles. The highest BCUT2D eigenvalue weighted by Crippen LogP contribution is 2.17. The number of amides is 3. The molecule has 9 nitrogen and oxygen atoms in total. The van der Waals surface area contributed by atoms with E-state index in [4.69, 9.17) is 5.73 Å². The number of carboxylic acids is 1. The van der Waals surface area contributed by atoms with E-state index in [2.05, 4.69) is 28.6 Å². The summed E-state index contributed by atoms with van der Waals surface area (Å²) in [6.45, 7) is 10.6. The van der Waals surface area contributed by atoms with Crippen LogP contribution < -0.4 is 21.7 Å². The maximum atomic E-state index is 13.0. The van der Waals surface area contributed by atoms with Crippen molar-refractivity contribution in [2.45, 2.75) is 83.3 Å². The maximum Gasteiger partial charge on any atom is 0.326 e. The Morgan fingerprint density at radius 1 is 1.00 bits per heavy atom. The predicted octanol–water partition coefficient (Wildman–Crippen LogP) is 1.02. The van der Waals surface area contributed by atoms with Gasteiger partial charge in [-0.2, -0.15) is 24.4 Å². The van der Waals surface area contributed by atoms with E-state index in [0.29, 0.717) is 12.2 Å². The monoisotopic (exact) mass is 492 g/mol. The summed E-state index contributed by atoms with van der Waals surface area (Å²) in [5, 5.41) is 17.3. The van der Waals surface area contributed by atoms with E-state index in [1.54, 1.807) is 34.6 Å². The summed E-state index contributed by atoms with van der Waals surface area (Å²) in [5.74, 6) is -2.71. The van der Waals surface area contributed by atoms with Gasteiger partial charge in [0.05, 0.1) is 6.04 Å². The second-order valence-corrected chi connectivity index (χ2v) is 11.1. The summed E-state index contributed by atoms with van der Waals surface area (Å²) in [4.78, 5) is 50.0. The minimum Gasteiger partial charge on any atom is -0.480 e. The van der Waals surface area contributed by atoms with Gasteiger partial charge in [-0.05, 0) is 44.1 Å². The highest BCUT2D eigenvalue weighted by molar-refractivity contribution is 7.98. The van der Waals surface area contributed by atoms with E-state index >= 15 is 0 Å². The zero-order chi connectivity index (χ0) is 25.2. The van der Waals surface area contributed by atoms with Gasteiger partial charge < -0.3 is 26.8 Å². The molecule has 0 saturated heterocycles. The molecule has 0 unspecified atom stereocenters. The topological polar surface area (TPSA) is 151 Å². The Kier molecular flexibility index (Phi) is 13.3. The second kappa shape index (κ2) is 13.9. The average molecular weight is 493 g/mol. The summed E-state index contributed by atoms with van der Waals surface area (Å²) in [6, 6.07) is -3.86. The average Bonchev–Trinajstić information content (AvgIpc) is 2.70. The Balaban J connectivity index is 5.52. The van der Waals surface area contributed by atoms with Crippen molar-refractivity contribution in [2.24, 2.45) is 17.6 Å². The zero-order valence-electron chi connectivity index (χ0n) is 20.1. The smallest absolute Gasteiger partial charge is 0.326 e. The first kappa shape index (κ1) is 30.5. The van der Waals surface area contributed by atoms with Gasteiger partial charge in [-0.25, -0.2) is 4.79 Å². The highest BCUT2D eigenvalue weighted by atomic mass is 32.2. The first-order chi connectivity index (χ1) is 14.7. The van der Waals surface area contributed by atoms with Gasteiger partial charge in [0.25, 0.3) is 0 Å². The third kappa shape index (κ3) is 9.99. The number of rotatable bonds is 14. The van der Waals surface area contributed by atoms with Crippen molar-refractivity contribution in [3.63, 3.8) is 0 Å². The minimum absolute atomic E-state index is 0.254. The van der Waals surface area contributed by atoms with Crippen molar-refractivity contribution in [3.05, 3.63) is 0 Å². The molecule has 0 aromatic carbocycles. The Morgan fingerprint density at radius 2 is 1.50 bits per heavy atom. The molecular weight excluding hydrogens is 452 g/mol. The van der Waals surface area contributed by atoms with Crippen LogP contribution in [0.4, 0.5) is 0 Å². The molecule has 0 radical (unpaired) electrons. The molecule has 6 N–H and O–H groups in total. The number of nitrogens with one attached hydrogen (secondary N) is 3. The molecule has 0 aromatic heterocycles. The van der Waals surface area contributed by atoms with Crippen molar-refractivity contribution in [1.82, 2.24) is 16.0 Å². The normalized spacial score (nSPS) is 16.4. The number of thioether (sulfide) groups is 1. The molecule has 0 rings (SSSR count). The summed E-state index contributed by atoms with van der Waals surface area (Å²) in [7, 11) is 0. The third-order valence-corrected chi connectivity index (χ3v) is 6.23. The van der Waals surface area contributed by atoms with Crippen molar-refractivity contribution in [3.8, 4) is 0 Å². The Hall–Kier alpha value is -1.46. The van der Waals surface area contributed by atoms with E-state index in [-0.39, 0.29) is 18.3 Å². The van der Waals surface area contributed by atoms with E-state index < -0.39 is 52.6 Å². The zero-order valence-corrected chi connectivity index (χ0v) is 21.8. The number of carbonyl (C=O) groups is 4. The van der Waals surface area contributed by atoms with Crippen LogP contribution in [0.3, 0.4) is 0 Å². The predicted molar refractivity (Wildman–Crippen MR) is 132 cm³/mol. The second-order valence-electron chi connectivity index (χ2n) is 8.91. The van der Waals surface area contributed by atoms with Crippen LogP contribution in [0.1, 0.15) is 54.4 Å². The molecule has 0 aromatic rings. The number of carboxylic acid groups (broad SMARTS) is 1. The summed E-state index contributed by atoms with van der Waals surface area (Å²) < 4.78 is -0.788. The van der Waals surface area contributed by atoms with Gasteiger partial charge in [0.2, 0.25) is 17.7 Å². The van der Waals surface area contributed by atoms with Gasteiger partial charge in [0.15, 0.2) is 0 Å². The van der Waals surface area contributed by atoms with Crippen LogP contribution in [0.25, 0.3) is 0 Å². The molecule has 0 aliphatic rings. The molecule has 0 aliphatic carbocycles. The van der Waals surface area contributed by atoms with Gasteiger partial charge in [-0.1, -0.05) is 34.1 Å². The maximum absolute atomic E-state index is 13.0. The molecule has 0 bridgehead atoms. The Bertz CT molecular complexity index is 655. The van der Waals surface area contributed by atoms with Crippen molar-refractivity contribution >= 4 is 48.1 Å². The van der Waals surface area contributed by atoms with Crippen molar-refractivity contribution in [1.29, 1.82) is 0 Å². The first-order valence-corrected chi connectivity index (χ1v) is 12.6. The van der Waals surface area contributed by atoms with Gasteiger partial charge in [0.1, 0.15) is 18.1 Å². The standard InChI is InChI=1S/C21H40N4O5S2/c1-8-12(4)15(18(27)23-13(20(29)30)9-10-32-7)25-17(26)14(11(2)3)24-19(28)16(22)21(5,6)31/h11-16,31H,8-10,22H2,1-7H3,(H,23,27)(H,24,28)(H,25,26)(H,29,30)/t12-,13-,14-,15-,16+/m0/s1. The SMILES string of the molecule is CC[C@H](C)[C@H](NC(=O)[C@@H](NC(=O)[C@@H](N)C(C)(C)S)C(C)C)C(=O)N[C@@H](CCSC)C(=O)O. The number of nitrogens with two attached hydrogens (primary N) is 1. The van der Waals surface area contributed by atoms with Crippen LogP contribution in [-0.4, -0.2) is 69.7 Å². The fourth-order valence-corrected chi connectivity index (χ4v) is 3.39. The van der Waals surface area contributed by atoms with E-state index in [9.17, 15) is 24.3 Å². The summed E-state index contributed by atoms with van der Waals surface area (Å²) in [6.07, 6.45) is 2.70. The minimum atomic E-state index is -1.13. The van der Waals surface area contributed by atoms with Gasteiger partial charge in [-0.3, -0.25) is 14.4 Å². The van der Waals surface area contributed by atoms with Gasteiger partial charge in [0, 0.05) is 4.75 Å². The Morgan fingerprint density at radius 3 is 1.91 bits per heavy atom. The molecule has 0 fully saturated rings. The van der Waals surface area contributed by atoms with E-state index in [1.807, 2.05) is 13.2 Å². The molecule has 11 heteroatoms. The molecule has 5 atom stereocenters. The third-order valence-electron chi connectivity index (χ3n) is 5.31. The lowest BCUT2D eigenvalue weighted by Gasteiger charge is -2.31. The first-order valence-electron chi connectivity index (χ1n) is 10.8.